The number of thiocarbonyl (C=S) groups is 4. The molecule has 24 nitrogen and oxygen atoms in total. The molecule has 4 aliphatic heterocycles. The van der Waals surface area contributed by atoms with Gasteiger partial charge in [-0.1, -0.05) is 165 Å². The van der Waals surface area contributed by atoms with Crippen LogP contribution in [0.1, 0.15) is 31.7 Å². The van der Waals surface area contributed by atoms with E-state index >= 15 is 0 Å². The van der Waals surface area contributed by atoms with Gasteiger partial charge in [-0.15, -0.1) is 0 Å². The molecule has 4 saturated heterocycles. The molecule has 14 rings (SSSR count). The number of anilines is 9. The van der Waals surface area contributed by atoms with E-state index in [0.717, 1.165) is 102 Å². The summed E-state index contributed by atoms with van der Waals surface area (Å²) in [6.45, 7) is 12.5. The van der Waals surface area contributed by atoms with Gasteiger partial charge >= 0.3 is 0 Å². The lowest BCUT2D eigenvalue weighted by atomic mass is 10.1. The van der Waals surface area contributed by atoms with E-state index in [1.807, 2.05) is 55.6 Å². The SMILES string of the molecule is CNC(=S)NCCOP1N(c2ccc(Br)cc2)CCN1c1ccc(Br)cc1.CNC(=S)NCCOP1N(c2ccc([N+](=O)[O-])cc2)CCN1c1ccc([N+](=O)[O-])cc1.C[C@H](CNC(=S)Nc1ccccc1)OP1N(c2ccccc2)CCN1c1ccccc1.S=C(CCCCOP1N(c2ccccc2)CCN1c1ccccc1)Cc1ccccc1. The Bertz CT molecular complexity index is 4610. The maximum absolute atomic E-state index is 11.0. The monoisotopic (exact) mass is 1890 g/mol. The number of benzene rings is 10. The molecule has 0 aliphatic carbocycles. The van der Waals surface area contributed by atoms with Gasteiger partial charge in [0.2, 0.25) is 33.8 Å². The van der Waals surface area contributed by atoms with Gasteiger partial charge in [0.05, 0.1) is 35.8 Å². The summed E-state index contributed by atoms with van der Waals surface area (Å²) in [4.78, 5) is 22.2. The van der Waals surface area contributed by atoms with Crippen LogP contribution in [0.2, 0.25) is 0 Å². The molecular weight excluding hydrogens is 1800 g/mol. The third-order valence-corrected chi connectivity index (χ3v) is 29.6. The summed E-state index contributed by atoms with van der Waals surface area (Å²) >= 11 is 28.3. The second kappa shape index (κ2) is 48.7. The first kappa shape index (κ1) is 91.8. The van der Waals surface area contributed by atoms with Crippen molar-refractivity contribution in [2.45, 2.75) is 38.7 Å². The van der Waals surface area contributed by atoms with Crippen LogP contribution in [-0.2, 0) is 24.5 Å². The Morgan fingerprint density at radius 1 is 0.392 bits per heavy atom. The highest BCUT2D eigenvalue weighted by Crippen LogP contribution is 2.58. The van der Waals surface area contributed by atoms with Crippen LogP contribution in [-0.4, -0.2) is 142 Å². The summed E-state index contributed by atoms with van der Waals surface area (Å²) in [7, 11) is -0.542. The zero-order valence-corrected chi connectivity index (χ0v) is 76.8. The maximum Gasteiger partial charge on any atom is 0.269 e. The Balaban J connectivity index is 0.000000157. The van der Waals surface area contributed by atoms with E-state index in [9.17, 15) is 20.2 Å². The molecule has 0 bridgehead atoms. The van der Waals surface area contributed by atoms with Crippen molar-refractivity contribution in [3.63, 3.8) is 0 Å². The quantitative estimate of drug-likeness (QED) is 0.00782. The lowest BCUT2D eigenvalue weighted by Gasteiger charge is -2.33. The van der Waals surface area contributed by atoms with E-state index in [-0.39, 0.29) is 17.5 Å². The van der Waals surface area contributed by atoms with E-state index in [1.54, 1.807) is 31.3 Å². The van der Waals surface area contributed by atoms with Crippen LogP contribution in [0.15, 0.2) is 288 Å². The molecule has 10 aromatic carbocycles. The number of para-hydroxylation sites is 5. The van der Waals surface area contributed by atoms with Crippen LogP contribution < -0.4 is 69.3 Å². The van der Waals surface area contributed by atoms with Gasteiger partial charge in [-0.3, -0.25) is 20.2 Å². The van der Waals surface area contributed by atoms with Crippen LogP contribution in [0.4, 0.5) is 62.6 Å². The van der Waals surface area contributed by atoms with Crippen LogP contribution >= 0.6 is 115 Å². The van der Waals surface area contributed by atoms with Crippen molar-refractivity contribution in [2.24, 2.45) is 0 Å². The molecule has 10 aromatic rings. The highest BCUT2D eigenvalue weighted by atomic mass is 79.9. The molecule has 0 saturated carbocycles. The molecule has 1 atom stereocenters. The number of nitro groups is 2. The molecule has 0 amide bonds. The summed E-state index contributed by atoms with van der Waals surface area (Å²) < 4.78 is 46.2. The molecule has 34 heteroatoms. The lowest BCUT2D eigenvalue weighted by Crippen LogP contribution is -2.35. The van der Waals surface area contributed by atoms with Gasteiger partial charge in [0, 0.05) is 177 Å². The van der Waals surface area contributed by atoms with Crippen molar-refractivity contribution >= 4 is 197 Å². The third-order valence-electron chi connectivity index (χ3n) is 18.7. The van der Waals surface area contributed by atoms with E-state index < -0.39 is 43.6 Å². The minimum Gasteiger partial charge on any atom is -0.366 e. The second-order valence-electron chi connectivity index (χ2n) is 27.1. The number of non-ortho nitro benzene ring substituents is 2. The van der Waals surface area contributed by atoms with Crippen molar-refractivity contribution in [1.82, 2.24) is 26.6 Å². The summed E-state index contributed by atoms with van der Waals surface area (Å²) in [6, 6.07) is 92.1. The molecule has 0 unspecified atom stereocenters. The summed E-state index contributed by atoms with van der Waals surface area (Å²) in [5.74, 6) is 0. The number of nitrogens with zero attached hydrogens (tertiary/aromatic N) is 10. The minimum atomic E-state index is -1.29. The molecule has 4 fully saturated rings. The van der Waals surface area contributed by atoms with Crippen LogP contribution in [0.5, 0.6) is 0 Å². The largest absolute Gasteiger partial charge is 0.366 e. The molecule has 4 heterocycles. The molecule has 0 aromatic heterocycles. The Hall–Kier alpha value is -8.92. The van der Waals surface area contributed by atoms with Crippen molar-refractivity contribution in [2.75, 3.05) is 149 Å². The van der Waals surface area contributed by atoms with E-state index in [0.29, 0.717) is 61.3 Å². The Morgan fingerprint density at radius 2 is 0.692 bits per heavy atom. The predicted octanol–water partition coefficient (Wildman–Crippen LogP) is 20.7. The molecule has 4 aliphatic rings. The van der Waals surface area contributed by atoms with Crippen molar-refractivity contribution in [3.8, 4) is 0 Å². The minimum absolute atomic E-state index is 0.0165. The summed E-state index contributed by atoms with van der Waals surface area (Å²) in [5.41, 5.74) is 11.1. The molecule has 120 heavy (non-hydrogen) atoms. The molecule has 0 spiro atoms. The van der Waals surface area contributed by atoms with Gasteiger partial charge in [-0.05, 0) is 207 Å². The predicted molar refractivity (Wildman–Crippen MR) is 522 cm³/mol. The molecule has 0 radical (unpaired) electrons. The van der Waals surface area contributed by atoms with Gasteiger partial charge in [0.15, 0.2) is 15.3 Å². The number of hydrogen-bond donors (Lipinski definition) is 6. The summed E-state index contributed by atoms with van der Waals surface area (Å²) in [6.07, 6.45) is 3.96. The number of halogens is 2. The maximum atomic E-state index is 11.0. The van der Waals surface area contributed by atoms with Crippen molar-refractivity contribution in [3.05, 3.63) is 314 Å². The number of nitro benzene ring substituents is 2. The van der Waals surface area contributed by atoms with Gasteiger partial charge in [0.1, 0.15) is 0 Å². The Labute approximate surface area is 747 Å². The summed E-state index contributed by atoms with van der Waals surface area (Å²) in [5, 5.41) is 42.1. The zero-order chi connectivity index (χ0) is 84.4. The van der Waals surface area contributed by atoms with Gasteiger partial charge in [-0.25, -0.2) is 0 Å². The fraction of sp³-hybridized carbons (Fsp3) is 0.256. The first-order chi connectivity index (χ1) is 58.5. The highest BCUT2D eigenvalue weighted by molar-refractivity contribution is 9.10. The average Bonchev–Trinajstić information content (AvgIpc) is 1.68. The van der Waals surface area contributed by atoms with E-state index in [4.69, 9.17) is 67.0 Å². The number of nitrogens with one attached hydrogen (secondary N) is 6. The number of hydrogen-bond acceptors (Lipinski definition) is 20. The third kappa shape index (κ3) is 27.8. The zero-order valence-electron chi connectivity index (χ0n) is 66.8. The number of rotatable bonds is 31. The van der Waals surface area contributed by atoms with Crippen molar-refractivity contribution < 1.29 is 27.9 Å². The van der Waals surface area contributed by atoms with Crippen LogP contribution in [0.25, 0.3) is 0 Å². The standard InChI is InChI=1S/C26H29N2OPS.C24H27N4OPS.C18H21Br2N4OPS.C18H21N6O5PS/c31-26(22-23-12-4-1-5-13-23)18-10-11-21-29-30-27(24-14-6-2-7-15-24)19-20-28(30)25-16-8-3-9-17-25;1-20(19-25-24(31)26-21-11-5-2-6-12-21)29-30-27(22-13-7-3-8-14-22)17-18-28(30)23-15-9-4-10-16-23;1-21-18(27)22-10-13-25-26-23(16-6-2-14(19)3-7-16)11-12-24(26)17-8-4-15(20)5-9-17;1-19-18(31)20-10-13-29-30-21(14-2-6-16(7-3-14)23(25)26)11-12-22(30)15-4-8-17(9-5-15)24(27)28/h1-9,12-17H,10-11,18-22H2;2-16,20H,17-19H2,1H3,(H2,25,26,31);2-9H,10-13H2,1H3,(H2,21,22,27);2-9H,10-13H2,1H3,(H2,19,20,31)/t;20-;;/m.1../s1. The topological polar surface area (TPSA) is 221 Å². The normalized spacial score (nSPS) is 14.4. The van der Waals surface area contributed by atoms with Gasteiger partial charge in [0.25, 0.3) is 11.4 Å². The molecule has 6 N–H and O–H groups in total. The smallest absolute Gasteiger partial charge is 0.269 e. The van der Waals surface area contributed by atoms with Crippen LogP contribution in [0, 0.1) is 20.2 Å². The highest BCUT2D eigenvalue weighted by Gasteiger charge is 2.39. The lowest BCUT2D eigenvalue weighted by molar-refractivity contribution is -0.385. The number of unbranched alkanes of at least 4 members (excludes halogenated alkanes) is 1. The van der Waals surface area contributed by atoms with Gasteiger partial charge in [-0.2, -0.15) is 0 Å². The first-order valence-electron chi connectivity index (χ1n) is 39.2. The average molecular weight is 1900 g/mol. The van der Waals surface area contributed by atoms with Gasteiger partial charge < -0.3 is 87.4 Å². The van der Waals surface area contributed by atoms with Crippen LogP contribution in [0.3, 0.4) is 0 Å². The first-order valence-corrected chi connectivity index (χ1v) is 47.1. The molecular formula is C86H98Br2N16O8P4S4. The fourth-order valence-corrected chi connectivity index (χ4v) is 22.1. The van der Waals surface area contributed by atoms with Crippen molar-refractivity contribution in [1.29, 1.82) is 0 Å². The second-order valence-corrected chi connectivity index (χ2v) is 37.6. The Morgan fingerprint density at radius 3 is 1.02 bits per heavy atom. The molecule has 628 valence electrons. The Kier molecular flexibility index (Phi) is 37.2. The van der Waals surface area contributed by atoms with E-state index in [2.05, 4.69) is 290 Å². The fourth-order valence-electron chi connectivity index (χ4n) is 12.8. The van der Waals surface area contributed by atoms with E-state index in [1.165, 1.54) is 64.0 Å².